The number of benzene rings is 2. The van der Waals surface area contributed by atoms with Gasteiger partial charge in [-0.25, -0.2) is 4.98 Å². The third-order valence-corrected chi connectivity index (χ3v) is 7.16. The standard InChI is InChI=1S/C26H25N3O5S/c1-3-23(24(30)27-13-17-8-6-16(2)7-9-17)35-26-28-20-12-22-21(33-15-34-22)11-19(20)25(31)29(26)14-18-5-4-10-32-18/h4-12,23H,3,13-15H2,1-2H3,(H,27,30). The lowest BCUT2D eigenvalue weighted by atomic mass is 10.1. The van der Waals surface area contributed by atoms with Crippen LogP contribution in [0.3, 0.4) is 0 Å². The Morgan fingerprint density at radius 1 is 1.17 bits per heavy atom. The molecule has 180 valence electrons. The first-order chi connectivity index (χ1) is 17.0. The minimum Gasteiger partial charge on any atom is -0.467 e. The van der Waals surface area contributed by atoms with Gasteiger partial charge in [-0.3, -0.25) is 14.2 Å². The maximum Gasteiger partial charge on any atom is 0.262 e. The molecule has 1 N–H and O–H groups in total. The van der Waals surface area contributed by atoms with Gasteiger partial charge >= 0.3 is 0 Å². The number of fused-ring (bicyclic) bond motifs is 2. The topological polar surface area (TPSA) is 95.6 Å². The Morgan fingerprint density at radius 2 is 1.94 bits per heavy atom. The van der Waals surface area contributed by atoms with Crippen molar-refractivity contribution in [3.05, 3.63) is 82.0 Å². The first-order valence-electron chi connectivity index (χ1n) is 11.4. The molecule has 0 radical (unpaired) electrons. The summed E-state index contributed by atoms with van der Waals surface area (Å²) >= 11 is 1.27. The van der Waals surface area contributed by atoms with Crippen molar-refractivity contribution >= 4 is 28.6 Å². The Kier molecular flexibility index (Phi) is 6.50. The summed E-state index contributed by atoms with van der Waals surface area (Å²) in [5.41, 5.74) is 2.45. The van der Waals surface area contributed by atoms with Crippen molar-refractivity contribution < 1.29 is 18.7 Å². The highest BCUT2D eigenvalue weighted by atomic mass is 32.2. The molecule has 1 unspecified atom stereocenters. The molecule has 3 heterocycles. The molecule has 0 bridgehead atoms. The zero-order valence-electron chi connectivity index (χ0n) is 19.4. The second-order valence-electron chi connectivity index (χ2n) is 8.31. The predicted molar refractivity (Wildman–Crippen MR) is 133 cm³/mol. The Bertz CT molecular complexity index is 1410. The largest absolute Gasteiger partial charge is 0.467 e. The van der Waals surface area contributed by atoms with E-state index in [1.807, 2.05) is 38.1 Å². The molecule has 1 aliphatic rings. The monoisotopic (exact) mass is 491 g/mol. The van der Waals surface area contributed by atoms with Gasteiger partial charge in [-0.15, -0.1) is 0 Å². The summed E-state index contributed by atoms with van der Waals surface area (Å²) in [7, 11) is 0. The molecule has 1 amide bonds. The lowest BCUT2D eigenvalue weighted by Gasteiger charge is -2.18. The summed E-state index contributed by atoms with van der Waals surface area (Å²) in [5.74, 6) is 1.57. The molecule has 9 heteroatoms. The SMILES string of the molecule is CCC(Sc1nc2cc3c(cc2c(=O)n1Cc1ccco1)OCO3)C(=O)NCc1ccc(C)cc1. The van der Waals surface area contributed by atoms with Gasteiger partial charge in [0.05, 0.1) is 29.0 Å². The Labute approximate surface area is 206 Å². The molecular weight excluding hydrogens is 466 g/mol. The van der Waals surface area contributed by atoms with E-state index in [4.69, 9.17) is 18.9 Å². The van der Waals surface area contributed by atoms with Crippen molar-refractivity contribution in [3.8, 4) is 11.5 Å². The maximum absolute atomic E-state index is 13.5. The van der Waals surface area contributed by atoms with Crippen LogP contribution in [0.1, 0.15) is 30.2 Å². The summed E-state index contributed by atoms with van der Waals surface area (Å²) in [6, 6.07) is 15.0. The maximum atomic E-state index is 13.5. The average Bonchev–Trinajstić information content (AvgIpc) is 3.55. The fraction of sp³-hybridized carbons (Fsp3) is 0.269. The van der Waals surface area contributed by atoms with E-state index in [-0.39, 0.29) is 24.8 Å². The van der Waals surface area contributed by atoms with Gasteiger partial charge in [0.1, 0.15) is 5.76 Å². The molecule has 4 aromatic rings. The van der Waals surface area contributed by atoms with Gasteiger partial charge in [0.2, 0.25) is 12.7 Å². The molecule has 0 saturated heterocycles. The van der Waals surface area contributed by atoms with Gasteiger partial charge in [0.15, 0.2) is 16.7 Å². The molecule has 0 saturated carbocycles. The Balaban J connectivity index is 1.45. The Hall–Kier alpha value is -3.72. The van der Waals surface area contributed by atoms with E-state index in [9.17, 15) is 9.59 Å². The third-order valence-electron chi connectivity index (χ3n) is 5.81. The normalized spacial score (nSPS) is 13.2. The molecule has 5 rings (SSSR count). The van der Waals surface area contributed by atoms with Crippen LogP contribution in [0.4, 0.5) is 0 Å². The highest BCUT2D eigenvalue weighted by molar-refractivity contribution is 8.00. The predicted octanol–water partition coefficient (Wildman–Crippen LogP) is 4.26. The summed E-state index contributed by atoms with van der Waals surface area (Å²) in [5, 5.41) is 3.44. The van der Waals surface area contributed by atoms with E-state index in [0.29, 0.717) is 46.3 Å². The van der Waals surface area contributed by atoms with Crippen LogP contribution in [0.25, 0.3) is 10.9 Å². The van der Waals surface area contributed by atoms with Crippen LogP contribution in [0.2, 0.25) is 0 Å². The van der Waals surface area contributed by atoms with Crippen LogP contribution in [-0.4, -0.2) is 27.5 Å². The number of carbonyl (C=O) groups is 1. The van der Waals surface area contributed by atoms with Gasteiger partial charge in [-0.1, -0.05) is 48.5 Å². The minimum absolute atomic E-state index is 0.104. The number of carbonyl (C=O) groups excluding carboxylic acids is 1. The molecule has 35 heavy (non-hydrogen) atoms. The minimum atomic E-state index is -0.429. The summed E-state index contributed by atoms with van der Waals surface area (Å²) in [4.78, 5) is 31.3. The second-order valence-corrected chi connectivity index (χ2v) is 9.48. The number of nitrogens with zero attached hydrogens (tertiary/aromatic N) is 2. The first kappa shape index (κ1) is 23.0. The quantitative estimate of drug-likeness (QED) is 0.291. The number of thioether (sulfide) groups is 1. The Morgan fingerprint density at radius 3 is 2.66 bits per heavy atom. The number of nitrogens with one attached hydrogen (secondary N) is 1. The van der Waals surface area contributed by atoms with Gasteiger partial charge in [-0.05, 0) is 37.1 Å². The van der Waals surface area contributed by atoms with Crippen molar-refractivity contribution in [2.45, 2.75) is 43.8 Å². The zero-order chi connectivity index (χ0) is 24.4. The molecular formula is C26H25N3O5S. The zero-order valence-corrected chi connectivity index (χ0v) is 20.3. The summed E-state index contributed by atoms with van der Waals surface area (Å²) in [6.45, 7) is 4.71. The average molecular weight is 492 g/mol. The smallest absolute Gasteiger partial charge is 0.262 e. The second kappa shape index (κ2) is 9.87. The molecule has 0 aliphatic carbocycles. The highest BCUT2D eigenvalue weighted by Crippen LogP contribution is 2.35. The molecule has 0 fully saturated rings. The molecule has 1 atom stereocenters. The molecule has 0 spiro atoms. The fourth-order valence-electron chi connectivity index (χ4n) is 3.84. The lowest BCUT2D eigenvalue weighted by Crippen LogP contribution is -2.33. The van der Waals surface area contributed by atoms with E-state index in [2.05, 4.69) is 5.32 Å². The van der Waals surface area contributed by atoms with E-state index >= 15 is 0 Å². The van der Waals surface area contributed by atoms with Crippen LogP contribution in [-0.2, 0) is 17.9 Å². The first-order valence-corrected chi connectivity index (χ1v) is 12.3. The van der Waals surface area contributed by atoms with Crippen LogP contribution in [0.15, 0.2) is 69.2 Å². The molecule has 2 aromatic heterocycles. The molecule has 8 nitrogen and oxygen atoms in total. The van der Waals surface area contributed by atoms with Gasteiger partial charge in [0, 0.05) is 12.6 Å². The van der Waals surface area contributed by atoms with Crippen molar-refractivity contribution in [3.63, 3.8) is 0 Å². The van der Waals surface area contributed by atoms with Crippen molar-refractivity contribution in [1.82, 2.24) is 14.9 Å². The van der Waals surface area contributed by atoms with E-state index < -0.39 is 5.25 Å². The van der Waals surface area contributed by atoms with Gasteiger partial charge < -0.3 is 19.2 Å². The number of aryl methyl sites for hydroxylation is 1. The molecule has 2 aromatic carbocycles. The van der Waals surface area contributed by atoms with E-state index in [0.717, 1.165) is 5.56 Å². The van der Waals surface area contributed by atoms with Crippen molar-refractivity contribution in [2.24, 2.45) is 0 Å². The summed E-state index contributed by atoms with van der Waals surface area (Å²) < 4.78 is 17.9. The number of rotatable bonds is 8. The lowest BCUT2D eigenvalue weighted by molar-refractivity contribution is -0.120. The van der Waals surface area contributed by atoms with Gasteiger partial charge in [-0.2, -0.15) is 0 Å². The number of furan rings is 1. The summed E-state index contributed by atoms with van der Waals surface area (Å²) in [6.07, 6.45) is 2.13. The van der Waals surface area contributed by atoms with Crippen LogP contribution in [0, 0.1) is 6.92 Å². The van der Waals surface area contributed by atoms with Crippen LogP contribution >= 0.6 is 11.8 Å². The third kappa shape index (κ3) is 4.90. The number of hydrogen-bond donors (Lipinski definition) is 1. The number of amides is 1. The highest BCUT2D eigenvalue weighted by Gasteiger charge is 2.24. The van der Waals surface area contributed by atoms with Gasteiger partial charge in [0.25, 0.3) is 5.56 Å². The number of aromatic nitrogens is 2. The van der Waals surface area contributed by atoms with Crippen LogP contribution in [0.5, 0.6) is 11.5 Å². The van der Waals surface area contributed by atoms with Crippen LogP contribution < -0.4 is 20.3 Å². The van der Waals surface area contributed by atoms with Crippen molar-refractivity contribution in [1.29, 1.82) is 0 Å². The fourth-order valence-corrected chi connectivity index (χ4v) is 4.87. The number of ether oxygens (including phenoxy) is 2. The molecule has 1 aliphatic heterocycles. The van der Waals surface area contributed by atoms with E-state index in [1.165, 1.54) is 17.3 Å². The van der Waals surface area contributed by atoms with Crippen molar-refractivity contribution in [2.75, 3.05) is 6.79 Å². The number of hydrogen-bond acceptors (Lipinski definition) is 7. The van der Waals surface area contributed by atoms with E-state index in [1.54, 1.807) is 35.1 Å².